The molecule has 47 heavy (non-hydrogen) atoms. The third-order valence-corrected chi connectivity index (χ3v) is 8.26. The molecule has 3 aromatic carbocycles. The predicted octanol–water partition coefficient (Wildman–Crippen LogP) is 5.69. The number of hydrogen-bond acceptors (Lipinski definition) is 7. The molecule has 5 rings (SSSR count). The van der Waals surface area contributed by atoms with E-state index in [9.17, 15) is 10.2 Å². The smallest absolute Gasteiger partial charge is 0.395 e. The molecule has 244 valence electrons. The summed E-state index contributed by atoms with van der Waals surface area (Å²) >= 11 is 0. The number of rotatable bonds is 17. The van der Waals surface area contributed by atoms with Gasteiger partial charge in [0, 0.05) is 55.1 Å². The minimum Gasteiger partial charge on any atom is -0.395 e. The third-order valence-electron chi connectivity index (χ3n) is 8.26. The van der Waals surface area contributed by atoms with Crippen molar-refractivity contribution in [2.24, 2.45) is 22.4 Å². The molecule has 0 bridgehead atoms. The van der Waals surface area contributed by atoms with Gasteiger partial charge in [0.2, 0.25) is 0 Å². The van der Waals surface area contributed by atoms with Gasteiger partial charge in [-0.3, -0.25) is 5.01 Å². The Balaban J connectivity index is 1.13. The zero-order valence-electron chi connectivity index (χ0n) is 27.4. The fourth-order valence-corrected chi connectivity index (χ4v) is 5.64. The van der Waals surface area contributed by atoms with Crippen LogP contribution in [0.4, 0.5) is 23.0 Å². The molecule has 0 atom stereocenters. The van der Waals surface area contributed by atoms with Crippen molar-refractivity contribution in [1.29, 1.82) is 0 Å². The van der Waals surface area contributed by atoms with Crippen LogP contribution in [0.15, 0.2) is 119 Å². The topological polar surface area (TPSA) is 96.7 Å². The van der Waals surface area contributed by atoms with Gasteiger partial charge in [-0.15, -0.1) is 0 Å². The first kappa shape index (κ1) is 33.4. The number of aliphatic hydroxyl groups is 2. The standard InChI is InChI=1S/C37H46N8O2/c1-41-35-14-8-9-15-36(35)45(37(41)40-39-32-16-18-34(19-17-32)44(26-28-46)27-29-47)23-11-4-3-10-22-43-24-20-31(21-25-43)30-38-42(2)33-12-6-5-7-13-33/h5-9,12-21,24-25,30,46-47H,3-4,10-11,22-23,26-29H2,1-2H3/q+2. The van der Waals surface area contributed by atoms with Crippen molar-refractivity contribution in [3.63, 3.8) is 0 Å². The van der Waals surface area contributed by atoms with Crippen molar-refractivity contribution in [3.05, 3.63) is 109 Å². The van der Waals surface area contributed by atoms with Crippen LogP contribution in [0, 0.1) is 0 Å². The Kier molecular flexibility index (Phi) is 12.2. The number of aliphatic hydroxyl groups excluding tert-OH is 2. The van der Waals surface area contributed by atoms with Crippen LogP contribution in [0.5, 0.6) is 0 Å². The fraction of sp³-hybridized carbons (Fsp3) is 0.324. The highest BCUT2D eigenvalue weighted by molar-refractivity contribution is 5.79. The second kappa shape index (κ2) is 17.1. The Hall–Kier alpha value is -4.93. The Morgan fingerprint density at radius 3 is 2.15 bits per heavy atom. The van der Waals surface area contributed by atoms with E-state index in [1.54, 1.807) is 0 Å². The van der Waals surface area contributed by atoms with Gasteiger partial charge in [0.25, 0.3) is 0 Å². The summed E-state index contributed by atoms with van der Waals surface area (Å²) in [5.41, 5.74) is 6.08. The molecular weight excluding hydrogens is 588 g/mol. The van der Waals surface area contributed by atoms with Crippen molar-refractivity contribution in [2.45, 2.75) is 38.8 Å². The second-order valence-corrected chi connectivity index (χ2v) is 11.5. The molecule has 0 unspecified atom stereocenters. The molecular formula is C37H46N8O2+2. The Morgan fingerprint density at radius 1 is 0.745 bits per heavy atom. The molecule has 0 aliphatic heterocycles. The van der Waals surface area contributed by atoms with E-state index in [0.29, 0.717) is 13.1 Å². The number of para-hydroxylation sites is 3. The van der Waals surface area contributed by atoms with Crippen LogP contribution >= 0.6 is 0 Å². The zero-order chi connectivity index (χ0) is 32.8. The summed E-state index contributed by atoms with van der Waals surface area (Å²) in [6.45, 7) is 2.84. The van der Waals surface area contributed by atoms with E-state index in [4.69, 9.17) is 5.11 Å². The molecule has 0 amide bonds. The predicted molar refractivity (Wildman–Crippen MR) is 188 cm³/mol. The minimum absolute atomic E-state index is 0.0277. The number of benzene rings is 3. The number of imidazole rings is 1. The number of hydrazone groups is 1. The molecule has 0 fully saturated rings. The number of unbranched alkanes of at least 4 members (excludes halogenated alkanes) is 3. The molecule has 5 aromatic rings. The van der Waals surface area contributed by atoms with Gasteiger partial charge in [0.05, 0.1) is 38.7 Å². The van der Waals surface area contributed by atoms with Crippen LogP contribution in [-0.2, 0) is 20.1 Å². The summed E-state index contributed by atoms with van der Waals surface area (Å²) in [5, 5.41) is 34.4. The molecule has 0 radical (unpaired) electrons. The lowest BCUT2D eigenvalue weighted by atomic mass is 10.2. The van der Waals surface area contributed by atoms with Gasteiger partial charge in [-0.1, -0.05) is 41.9 Å². The summed E-state index contributed by atoms with van der Waals surface area (Å²) in [5.74, 6) is 0.812. The van der Waals surface area contributed by atoms with Crippen LogP contribution in [0.1, 0.15) is 31.2 Å². The van der Waals surface area contributed by atoms with Gasteiger partial charge in [-0.25, -0.2) is 13.7 Å². The molecule has 10 nitrogen and oxygen atoms in total. The monoisotopic (exact) mass is 634 g/mol. The number of anilines is 2. The van der Waals surface area contributed by atoms with Gasteiger partial charge in [0.15, 0.2) is 12.4 Å². The lowest BCUT2D eigenvalue weighted by Crippen LogP contribution is -2.32. The van der Waals surface area contributed by atoms with Crippen LogP contribution in [0.25, 0.3) is 11.0 Å². The van der Waals surface area contributed by atoms with Gasteiger partial charge >= 0.3 is 5.95 Å². The van der Waals surface area contributed by atoms with Crippen LogP contribution in [0.3, 0.4) is 0 Å². The molecule has 0 aliphatic carbocycles. The highest BCUT2D eigenvalue weighted by Crippen LogP contribution is 2.25. The maximum absolute atomic E-state index is 9.35. The first-order valence-electron chi connectivity index (χ1n) is 16.3. The average Bonchev–Trinajstić information content (AvgIpc) is 3.38. The van der Waals surface area contributed by atoms with E-state index in [1.165, 1.54) is 0 Å². The third kappa shape index (κ3) is 9.08. The highest BCUT2D eigenvalue weighted by atomic mass is 16.3. The van der Waals surface area contributed by atoms with Crippen molar-refractivity contribution in [3.8, 4) is 0 Å². The Morgan fingerprint density at radius 2 is 1.43 bits per heavy atom. The van der Waals surface area contributed by atoms with Crippen molar-refractivity contribution < 1.29 is 19.3 Å². The number of nitrogens with zero attached hydrogens (tertiary/aromatic N) is 8. The number of hydrogen-bond donors (Lipinski definition) is 2. The van der Waals surface area contributed by atoms with Crippen molar-refractivity contribution in [1.82, 2.24) is 4.57 Å². The SMILES string of the molecule is CN(/N=C\c1cc[n+](CCCCCCn2c(N=Nc3ccc(N(CCO)CCO)cc3)[n+](C)c3ccccc32)cc1)c1ccccc1. The van der Waals surface area contributed by atoms with E-state index in [1.807, 2.05) is 84.8 Å². The highest BCUT2D eigenvalue weighted by Gasteiger charge is 2.22. The van der Waals surface area contributed by atoms with E-state index < -0.39 is 0 Å². The number of pyridine rings is 1. The largest absolute Gasteiger partial charge is 0.422 e. The number of azo groups is 1. The fourth-order valence-electron chi connectivity index (χ4n) is 5.64. The van der Waals surface area contributed by atoms with Gasteiger partial charge in [0.1, 0.15) is 23.3 Å². The molecule has 2 aromatic heterocycles. The van der Waals surface area contributed by atoms with Crippen LogP contribution < -0.4 is 19.0 Å². The Labute approximate surface area is 277 Å². The lowest BCUT2D eigenvalue weighted by Gasteiger charge is -2.22. The lowest BCUT2D eigenvalue weighted by molar-refractivity contribution is -0.697. The van der Waals surface area contributed by atoms with Crippen LogP contribution in [-0.4, -0.2) is 54.3 Å². The van der Waals surface area contributed by atoms with Crippen molar-refractivity contribution >= 4 is 40.3 Å². The van der Waals surface area contributed by atoms with E-state index in [-0.39, 0.29) is 13.2 Å². The minimum atomic E-state index is 0.0277. The summed E-state index contributed by atoms with van der Waals surface area (Å²) in [6, 6.07) is 30.4. The van der Waals surface area contributed by atoms with Gasteiger partial charge < -0.3 is 15.1 Å². The van der Waals surface area contributed by atoms with E-state index in [2.05, 4.69) is 72.7 Å². The molecule has 2 N–H and O–H groups in total. The van der Waals surface area contributed by atoms with Crippen molar-refractivity contribution in [2.75, 3.05) is 43.3 Å². The summed E-state index contributed by atoms with van der Waals surface area (Å²) < 4.78 is 6.60. The normalized spacial score (nSPS) is 11.7. The molecule has 10 heteroatoms. The second-order valence-electron chi connectivity index (χ2n) is 11.5. The van der Waals surface area contributed by atoms with Crippen LogP contribution in [0.2, 0.25) is 0 Å². The maximum atomic E-state index is 9.35. The molecule has 0 aliphatic rings. The Bertz CT molecular complexity index is 1730. The first-order valence-corrected chi connectivity index (χ1v) is 16.3. The maximum Gasteiger partial charge on any atom is 0.422 e. The van der Waals surface area contributed by atoms with Gasteiger partial charge in [-0.05, 0) is 61.4 Å². The summed E-state index contributed by atoms with van der Waals surface area (Å²) in [7, 11) is 3.99. The molecule has 2 heterocycles. The summed E-state index contributed by atoms with van der Waals surface area (Å²) in [4.78, 5) is 1.94. The van der Waals surface area contributed by atoms with E-state index >= 15 is 0 Å². The summed E-state index contributed by atoms with van der Waals surface area (Å²) in [6.07, 6.45) is 10.6. The molecule has 0 saturated heterocycles. The molecule has 0 spiro atoms. The number of aromatic nitrogens is 3. The average molecular weight is 635 g/mol. The number of aryl methyl sites for hydroxylation is 3. The first-order chi connectivity index (χ1) is 23.1. The number of fused-ring (bicyclic) bond motifs is 1. The zero-order valence-corrected chi connectivity index (χ0v) is 27.4. The quantitative estimate of drug-likeness (QED) is 0.0452. The van der Waals surface area contributed by atoms with Gasteiger partial charge in [-0.2, -0.15) is 5.10 Å². The van der Waals surface area contributed by atoms with E-state index in [0.717, 1.165) is 78.4 Å². The molecule has 0 saturated carbocycles.